The van der Waals surface area contributed by atoms with Crippen LogP contribution in [0.2, 0.25) is 0 Å². The van der Waals surface area contributed by atoms with Crippen LogP contribution in [-0.2, 0) is 21.1 Å². The van der Waals surface area contributed by atoms with Gasteiger partial charge in [0.05, 0.1) is 19.5 Å². The summed E-state index contributed by atoms with van der Waals surface area (Å²) in [6.45, 7) is -2.04. The first kappa shape index (κ1) is 22.2. The Labute approximate surface area is 170 Å². The number of aromatic nitrogens is 4. The molecule has 0 aromatic carbocycles. The molecule has 2 aromatic rings. The van der Waals surface area contributed by atoms with Gasteiger partial charge in [-0.1, -0.05) is 6.08 Å². The van der Waals surface area contributed by atoms with Crippen LogP contribution in [0.5, 0.6) is 0 Å². The first-order chi connectivity index (χ1) is 13.7. The van der Waals surface area contributed by atoms with Crippen LogP contribution in [0.25, 0.3) is 11.2 Å². The fourth-order valence-corrected chi connectivity index (χ4v) is 3.37. The van der Waals surface area contributed by atoms with Gasteiger partial charge in [0.2, 0.25) is 0 Å². The summed E-state index contributed by atoms with van der Waals surface area (Å²) in [5.41, 5.74) is 1.54. The van der Waals surface area contributed by atoms with Crippen molar-refractivity contribution < 1.29 is 34.4 Å². The van der Waals surface area contributed by atoms with E-state index >= 15 is 0 Å². The lowest BCUT2D eigenvalue weighted by Crippen LogP contribution is -2.33. The minimum absolute atomic E-state index is 0.00890. The fraction of sp³-hybridized carbons (Fsp3) is 0.533. The van der Waals surface area contributed by atoms with Crippen LogP contribution in [0.3, 0.4) is 0 Å². The van der Waals surface area contributed by atoms with E-state index in [1.807, 2.05) is 0 Å². The molecule has 29 heavy (non-hydrogen) atoms. The highest BCUT2D eigenvalue weighted by atomic mass is 32.5. The zero-order chi connectivity index (χ0) is 21.2. The van der Waals surface area contributed by atoms with E-state index < -0.39 is 37.9 Å². The topological polar surface area (TPSA) is 175 Å². The number of aliphatic hydroxyl groups excluding tert-OH is 3. The molecular formula is C15H22N5O7PS. The van der Waals surface area contributed by atoms with Gasteiger partial charge in [-0.3, -0.25) is 4.57 Å². The summed E-state index contributed by atoms with van der Waals surface area (Å²) in [7, 11) is 0. The van der Waals surface area contributed by atoms with Crippen molar-refractivity contribution in [3.8, 4) is 0 Å². The number of fused-ring (bicyclic) bond motifs is 1. The number of ether oxygens (including phenoxy) is 1. The lowest BCUT2D eigenvalue weighted by molar-refractivity contribution is -0.0511. The zero-order valence-corrected chi connectivity index (χ0v) is 17.1. The monoisotopic (exact) mass is 447 g/mol. The lowest BCUT2D eigenvalue weighted by atomic mass is 10.1. The van der Waals surface area contributed by atoms with Crippen LogP contribution < -0.4 is 5.32 Å². The Morgan fingerprint density at radius 2 is 2.10 bits per heavy atom. The van der Waals surface area contributed by atoms with E-state index in [0.29, 0.717) is 23.5 Å². The molecule has 0 saturated carbocycles. The average molecular weight is 447 g/mol. The molecule has 4 atom stereocenters. The highest BCUT2D eigenvalue weighted by molar-refractivity contribution is 8.06. The van der Waals surface area contributed by atoms with Crippen molar-refractivity contribution in [1.29, 1.82) is 0 Å². The summed E-state index contributed by atoms with van der Waals surface area (Å²) in [5.74, 6) is 0.430. The SMILES string of the molecule is C/C(=C\CNc1ncnc2c1ncn2[C@@H]1O[C@H](CO)[C@@H](O)[C@H]1O)COP(O)(O)=S. The predicted molar refractivity (Wildman–Crippen MR) is 105 cm³/mol. The Balaban J connectivity index is 1.73. The minimum atomic E-state index is -3.69. The summed E-state index contributed by atoms with van der Waals surface area (Å²) in [4.78, 5) is 30.7. The van der Waals surface area contributed by atoms with Crippen LogP contribution in [0, 0.1) is 0 Å². The summed E-state index contributed by atoms with van der Waals surface area (Å²) in [6, 6.07) is 0. The van der Waals surface area contributed by atoms with Crippen LogP contribution in [0.4, 0.5) is 5.82 Å². The molecule has 3 rings (SSSR count). The molecule has 1 aliphatic rings. The highest BCUT2D eigenvalue weighted by Gasteiger charge is 2.44. The van der Waals surface area contributed by atoms with E-state index in [9.17, 15) is 15.3 Å². The van der Waals surface area contributed by atoms with E-state index in [4.69, 9.17) is 19.0 Å². The van der Waals surface area contributed by atoms with Crippen LogP contribution in [0.1, 0.15) is 13.2 Å². The Morgan fingerprint density at radius 1 is 1.34 bits per heavy atom. The zero-order valence-electron chi connectivity index (χ0n) is 15.4. The van der Waals surface area contributed by atoms with Crippen molar-refractivity contribution in [2.24, 2.45) is 0 Å². The lowest BCUT2D eigenvalue weighted by Gasteiger charge is -2.16. The van der Waals surface area contributed by atoms with E-state index in [2.05, 4.69) is 32.1 Å². The molecule has 0 spiro atoms. The number of nitrogens with zero attached hydrogens (tertiary/aromatic N) is 4. The third kappa shape index (κ3) is 5.15. The van der Waals surface area contributed by atoms with Crippen molar-refractivity contribution in [3.63, 3.8) is 0 Å². The molecule has 2 aromatic heterocycles. The fourth-order valence-electron chi connectivity index (χ4n) is 2.84. The molecule has 0 amide bonds. The number of hydrogen-bond donors (Lipinski definition) is 6. The second-order valence-corrected chi connectivity index (χ2v) is 9.14. The predicted octanol–water partition coefficient (Wildman–Crippen LogP) is -0.978. The third-order valence-corrected chi connectivity index (χ3v) is 5.11. The van der Waals surface area contributed by atoms with Gasteiger partial charge >= 0.3 is 6.72 Å². The number of aliphatic hydroxyl groups is 3. The van der Waals surface area contributed by atoms with Gasteiger partial charge < -0.3 is 39.7 Å². The van der Waals surface area contributed by atoms with Gasteiger partial charge in [-0.2, -0.15) is 0 Å². The second kappa shape index (κ2) is 9.08. The largest absolute Gasteiger partial charge is 0.394 e. The summed E-state index contributed by atoms with van der Waals surface area (Å²) < 4.78 is 11.8. The molecular weight excluding hydrogens is 425 g/mol. The van der Waals surface area contributed by atoms with Gasteiger partial charge in [0, 0.05) is 6.54 Å². The Hall–Kier alpha value is -1.54. The molecule has 0 unspecified atom stereocenters. The number of nitrogens with one attached hydrogen (secondary N) is 1. The number of imidazole rings is 1. The standard InChI is InChI=1S/C15H22N5O7PS/c1-8(5-26-28(24,25)29)2-3-16-13-10-14(18-6-17-13)20(7-19-10)15-12(23)11(22)9(4-21)27-15/h2,6-7,9,11-12,15,21-23H,3-5H2,1H3,(H,16,17,18)(H2,24,25,29)/b8-2+/t9-,11-,12-,15-/m1/s1. The van der Waals surface area contributed by atoms with Crippen LogP contribution in [-0.4, -0.2) is 82.7 Å². The Kier molecular flexibility index (Phi) is 6.94. The summed E-state index contributed by atoms with van der Waals surface area (Å²) >= 11 is 4.40. The van der Waals surface area contributed by atoms with Gasteiger partial charge in [-0.05, 0) is 24.3 Å². The number of hydrogen-bond acceptors (Lipinski definition) is 10. The van der Waals surface area contributed by atoms with Crippen molar-refractivity contribution in [1.82, 2.24) is 19.5 Å². The first-order valence-corrected chi connectivity index (χ1v) is 11.2. The summed E-state index contributed by atoms with van der Waals surface area (Å²) in [6.07, 6.45) is 0.156. The smallest absolute Gasteiger partial charge is 0.322 e. The molecule has 0 bridgehead atoms. The van der Waals surface area contributed by atoms with Crippen LogP contribution >= 0.6 is 6.72 Å². The van der Waals surface area contributed by atoms with Gasteiger partial charge in [-0.25, -0.2) is 15.0 Å². The average Bonchev–Trinajstić information content (AvgIpc) is 3.22. The van der Waals surface area contributed by atoms with Crippen molar-refractivity contribution >= 4 is 35.5 Å². The molecule has 14 heteroatoms. The highest BCUT2D eigenvalue weighted by Crippen LogP contribution is 2.36. The van der Waals surface area contributed by atoms with Crippen molar-refractivity contribution in [2.45, 2.75) is 31.5 Å². The molecule has 0 radical (unpaired) electrons. The van der Waals surface area contributed by atoms with E-state index in [-0.39, 0.29) is 6.61 Å². The first-order valence-electron chi connectivity index (χ1n) is 8.61. The molecule has 0 aliphatic carbocycles. The normalized spacial score (nSPS) is 25.7. The van der Waals surface area contributed by atoms with Gasteiger partial charge in [-0.15, -0.1) is 0 Å². The molecule has 6 N–H and O–H groups in total. The van der Waals surface area contributed by atoms with E-state index in [0.717, 1.165) is 5.57 Å². The Morgan fingerprint density at radius 3 is 2.76 bits per heavy atom. The van der Waals surface area contributed by atoms with Gasteiger partial charge in [0.25, 0.3) is 0 Å². The van der Waals surface area contributed by atoms with Gasteiger partial charge in [0.1, 0.15) is 24.6 Å². The molecule has 1 aliphatic heterocycles. The summed E-state index contributed by atoms with van der Waals surface area (Å²) in [5, 5.41) is 32.5. The molecule has 1 fully saturated rings. The maximum absolute atomic E-state index is 10.2. The maximum atomic E-state index is 10.2. The quantitative estimate of drug-likeness (QED) is 0.216. The molecule has 160 valence electrons. The van der Waals surface area contributed by atoms with Crippen LogP contribution in [0.15, 0.2) is 24.3 Å². The maximum Gasteiger partial charge on any atom is 0.322 e. The minimum Gasteiger partial charge on any atom is -0.394 e. The molecule has 3 heterocycles. The van der Waals surface area contributed by atoms with E-state index in [1.54, 1.807) is 13.0 Å². The Bertz CT molecular complexity index is 935. The van der Waals surface area contributed by atoms with E-state index in [1.165, 1.54) is 17.2 Å². The molecule has 1 saturated heterocycles. The van der Waals surface area contributed by atoms with Crippen molar-refractivity contribution in [3.05, 3.63) is 24.3 Å². The second-order valence-electron chi connectivity index (χ2n) is 6.47. The van der Waals surface area contributed by atoms with Gasteiger partial charge in [0.15, 0.2) is 23.2 Å². The van der Waals surface area contributed by atoms with Crippen molar-refractivity contribution in [2.75, 3.05) is 25.1 Å². The number of rotatable bonds is 8. The molecule has 12 nitrogen and oxygen atoms in total. The third-order valence-electron chi connectivity index (χ3n) is 4.33. The number of anilines is 1.